The Morgan fingerprint density at radius 2 is 2.00 bits per heavy atom. The fourth-order valence-corrected chi connectivity index (χ4v) is 4.15. The fourth-order valence-electron chi connectivity index (χ4n) is 4.15. The van der Waals surface area contributed by atoms with E-state index in [-0.39, 0.29) is 5.91 Å². The number of rotatable bonds is 4. The molecule has 1 aromatic heterocycles. The van der Waals surface area contributed by atoms with Crippen LogP contribution in [0.15, 0.2) is 0 Å². The van der Waals surface area contributed by atoms with E-state index < -0.39 is 0 Å². The minimum absolute atomic E-state index is 0.288. The zero-order valence-corrected chi connectivity index (χ0v) is 14.9. The molecule has 2 saturated heterocycles. The maximum atomic E-state index is 13.0. The van der Waals surface area contributed by atoms with Crippen LogP contribution in [0.3, 0.4) is 0 Å². The molecule has 1 amide bonds. The molecule has 0 aromatic carbocycles. The van der Waals surface area contributed by atoms with Gasteiger partial charge in [0.1, 0.15) is 0 Å². The Morgan fingerprint density at radius 1 is 1.26 bits per heavy atom. The summed E-state index contributed by atoms with van der Waals surface area (Å²) in [4.78, 5) is 15.2. The molecule has 1 N–H and O–H groups in total. The molecule has 2 fully saturated rings. The number of aromatic nitrogens is 2. The van der Waals surface area contributed by atoms with E-state index in [9.17, 15) is 4.79 Å². The maximum absolute atomic E-state index is 13.0. The molecule has 3 heterocycles. The highest BCUT2D eigenvalue weighted by Gasteiger charge is 2.38. The normalized spacial score (nSPS) is 24.3. The van der Waals surface area contributed by atoms with Gasteiger partial charge in [-0.05, 0) is 45.6 Å². The SMILES string of the molecule is Cc1nn(CC(C)C)c(C)c1CC(=O)N1C2CCNCC1CC2. The van der Waals surface area contributed by atoms with E-state index in [1.165, 1.54) is 6.42 Å². The molecular weight excluding hydrogens is 288 g/mol. The van der Waals surface area contributed by atoms with Crippen molar-refractivity contribution in [1.82, 2.24) is 20.0 Å². The highest BCUT2D eigenvalue weighted by atomic mass is 16.2. The number of hydrogen-bond donors (Lipinski definition) is 1. The molecule has 1 aromatic rings. The minimum Gasteiger partial charge on any atom is -0.335 e. The summed E-state index contributed by atoms with van der Waals surface area (Å²) in [7, 11) is 0. The molecule has 2 bridgehead atoms. The van der Waals surface area contributed by atoms with Gasteiger partial charge in [0.05, 0.1) is 12.1 Å². The third kappa shape index (κ3) is 3.30. The molecule has 2 unspecified atom stereocenters. The summed E-state index contributed by atoms with van der Waals surface area (Å²) < 4.78 is 2.07. The molecule has 0 aliphatic carbocycles. The van der Waals surface area contributed by atoms with Gasteiger partial charge in [-0.2, -0.15) is 5.10 Å². The summed E-state index contributed by atoms with van der Waals surface area (Å²) >= 11 is 0. The van der Waals surface area contributed by atoms with Gasteiger partial charge in [-0.15, -0.1) is 0 Å². The molecule has 0 radical (unpaired) electrons. The van der Waals surface area contributed by atoms with Gasteiger partial charge < -0.3 is 10.2 Å². The molecule has 0 spiro atoms. The fraction of sp³-hybridized carbons (Fsp3) is 0.778. The van der Waals surface area contributed by atoms with Crippen molar-refractivity contribution in [3.05, 3.63) is 17.0 Å². The molecular formula is C18H30N4O. The average Bonchev–Trinajstić information content (AvgIpc) is 2.88. The number of hydrogen-bond acceptors (Lipinski definition) is 3. The predicted octanol–water partition coefficient (Wildman–Crippen LogP) is 2.05. The Labute approximate surface area is 139 Å². The molecule has 2 aliphatic rings. The third-order valence-electron chi connectivity index (χ3n) is 5.34. The van der Waals surface area contributed by atoms with Crippen LogP contribution in [-0.4, -0.2) is 45.8 Å². The van der Waals surface area contributed by atoms with Gasteiger partial charge in [-0.1, -0.05) is 13.8 Å². The Bertz CT molecular complexity index is 564. The Morgan fingerprint density at radius 3 is 2.74 bits per heavy atom. The van der Waals surface area contributed by atoms with Crippen LogP contribution in [-0.2, 0) is 17.8 Å². The van der Waals surface area contributed by atoms with E-state index in [4.69, 9.17) is 0 Å². The number of carbonyl (C=O) groups is 1. The van der Waals surface area contributed by atoms with E-state index >= 15 is 0 Å². The Balaban J connectivity index is 1.76. The second-order valence-corrected chi connectivity index (χ2v) is 7.58. The lowest BCUT2D eigenvalue weighted by Crippen LogP contribution is -2.43. The van der Waals surface area contributed by atoms with Gasteiger partial charge in [0.25, 0.3) is 0 Å². The van der Waals surface area contributed by atoms with Crippen LogP contribution in [0.4, 0.5) is 0 Å². The lowest BCUT2D eigenvalue weighted by atomic mass is 10.1. The highest BCUT2D eigenvalue weighted by molar-refractivity contribution is 5.80. The van der Waals surface area contributed by atoms with Crippen molar-refractivity contribution >= 4 is 5.91 Å². The summed E-state index contributed by atoms with van der Waals surface area (Å²) in [5.41, 5.74) is 3.30. The molecule has 2 aliphatic heterocycles. The van der Waals surface area contributed by atoms with Crippen molar-refractivity contribution in [1.29, 1.82) is 0 Å². The topological polar surface area (TPSA) is 50.2 Å². The van der Waals surface area contributed by atoms with Crippen LogP contribution in [0.25, 0.3) is 0 Å². The molecule has 23 heavy (non-hydrogen) atoms. The van der Waals surface area contributed by atoms with Crippen molar-refractivity contribution in [2.75, 3.05) is 13.1 Å². The summed E-state index contributed by atoms with van der Waals surface area (Å²) in [6, 6.07) is 0.829. The summed E-state index contributed by atoms with van der Waals surface area (Å²) in [6.07, 6.45) is 3.91. The first-order chi connectivity index (χ1) is 11.0. The summed E-state index contributed by atoms with van der Waals surface area (Å²) in [6.45, 7) is 11.4. The van der Waals surface area contributed by atoms with Crippen molar-refractivity contribution in [2.45, 2.75) is 72.0 Å². The van der Waals surface area contributed by atoms with Gasteiger partial charge in [-0.3, -0.25) is 9.48 Å². The Kier molecular flexibility index (Phi) is 4.76. The maximum Gasteiger partial charge on any atom is 0.227 e. The van der Waals surface area contributed by atoms with Crippen molar-refractivity contribution in [3.63, 3.8) is 0 Å². The Hall–Kier alpha value is -1.36. The number of nitrogens with one attached hydrogen (secondary N) is 1. The van der Waals surface area contributed by atoms with Crippen LogP contribution in [0.2, 0.25) is 0 Å². The van der Waals surface area contributed by atoms with Gasteiger partial charge in [0, 0.05) is 36.4 Å². The predicted molar refractivity (Wildman–Crippen MR) is 91.4 cm³/mol. The zero-order chi connectivity index (χ0) is 16.6. The van der Waals surface area contributed by atoms with Crippen LogP contribution in [0, 0.1) is 19.8 Å². The number of fused-ring (bicyclic) bond motifs is 2. The smallest absolute Gasteiger partial charge is 0.227 e. The zero-order valence-electron chi connectivity index (χ0n) is 14.9. The van der Waals surface area contributed by atoms with Crippen LogP contribution >= 0.6 is 0 Å². The first-order valence-electron chi connectivity index (χ1n) is 9.02. The standard InChI is InChI=1S/C18H30N4O/c1-12(2)11-21-14(4)17(13(3)20-21)9-18(23)22-15-5-6-16(22)10-19-8-7-15/h12,15-16,19H,5-11H2,1-4H3. The van der Waals surface area contributed by atoms with E-state index in [1.807, 2.05) is 6.92 Å². The molecule has 5 heteroatoms. The van der Waals surface area contributed by atoms with Gasteiger partial charge in [-0.25, -0.2) is 0 Å². The third-order valence-corrected chi connectivity index (χ3v) is 5.34. The van der Waals surface area contributed by atoms with Crippen LogP contribution in [0.1, 0.15) is 50.1 Å². The van der Waals surface area contributed by atoms with E-state index in [0.717, 1.165) is 49.4 Å². The van der Waals surface area contributed by atoms with Crippen molar-refractivity contribution in [2.24, 2.45) is 5.92 Å². The van der Waals surface area contributed by atoms with Crippen LogP contribution < -0.4 is 5.32 Å². The average molecular weight is 318 g/mol. The quantitative estimate of drug-likeness (QED) is 0.924. The second-order valence-electron chi connectivity index (χ2n) is 7.58. The summed E-state index contributed by atoms with van der Waals surface area (Å²) in [5, 5.41) is 8.12. The summed E-state index contributed by atoms with van der Waals surface area (Å²) in [5.74, 6) is 0.848. The van der Waals surface area contributed by atoms with E-state index in [1.54, 1.807) is 0 Å². The van der Waals surface area contributed by atoms with Crippen LogP contribution in [0.5, 0.6) is 0 Å². The van der Waals surface area contributed by atoms with E-state index in [0.29, 0.717) is 24.4 Å². The van der Waals surface area contributed by atoms with Gasteiger partial charge in [0.2, 0.25) is 5.91 Å². The van der Waals surface area contributed by atoms with Crippen molar-refractivity contribution < 1.29 is 4.79 Å². The molecule has 2 atom stereocenters. The van der Waals surface area contributed by atoms with Gasteiger partial charge in [0.15, 0.2) is 0 Å². The number of aryl methyl sites for hydroxylation is 1. The minimum atomic E-state index is 0.288. The highest BCUT2D eigenvalue weighted by Crippen LogP contribution is 2.29. The van der Waals surface area contributed by atoms with Gasteiger partial charge >= 0.3 is 0 Å². The first kappa shape index (κ1) is 16.5. The monoisotopic (exact) mass is 318 g/mol. The number of nitrogens with zero attached hydrogens (tertiary/aromatic N) is 3. The lowest BCUT2D eigenvalue weighted by molar-refractivity contribution is -0.133. The van der Waals surface area contributed by atoms with Crippen molar-refractivity contribution in [3.8, 4) is 0 Å². The first-order valence-corrected chi connectivity index (χ1v) is 9.02. The molecule has 128 valence electrons. The molecule has 5 nitrogen and oxygen atoms in total. The molecule has 0 saturated carbocycles. The lowest BCUT2D eigenvalue weighted by Gasteiger charge is -2.28. The second kappa shape index (κ2) is 6.63. The number of amides is 1. The molecule has 3 rings (SSSR count). The largest absolute Gasteiger partial charge is 0.335 e. The number of carbonyl (C=O) groups excluding carboxylic acids is 1. The van der Waals surface area contributed by atoms with E-state index in [2.05, 4.69) is 40.8 Å².